The minimum atomic E-state index is 0.329. The molecule has 0 saturated carbocycles. The Morgan fingerprint density at radius 2 is 2.00 bits per heavy atom. The van der Waals surface area contributed by atoms with Crippen LogP contribution in [-0.2, 0) is 0 Å². The molecule has 4 heavy (non-hydrogen) atoms. The van der Waals surface area contributed by atoms with Crippen molar-refractivity contribution in [1.82, 2.24) is 0 Å². The summed E-state index contributed by atoms with van der Waals surface area (Å²) >= 11 is 4.49. The van der Waals surface area contributed by atoms with E-state index in [1.165, 1.54) is 0 Å². The third-order valence-corrected chi connectivity index (χ3v) is 0. The first kappa shape index (κ1) is 5.87. The molecule has 24 valence electrons. The molecule has 0 radical (unpaired) electrons. The summed E-state index contributed by atoms with van der Waals surface area (Å²) in [5, 5.41) is 0. The standard InChI is InChI=1S/BHI2S/c1-4(2)3/h1H/i2+4. The zero-order chi connectivity index (χ0) is 3.58. The van der Waals surface area contributed by atoms with E-state index in [2.05, 4.69) is 49.1 Å². The van der Waals surface area contributed by atoms with E-state index in [0.29, 0.717) is 4.66 Å². The maximum absolute atomic E-state index is 3.64. The molecular formula is HBI2S. The van der Waals surface area contributed by atoms with Gasteiger partial charge in [-0.1, -0.05) is 0 Å². The van der Waals surface area contributed by atoms with Crippen molar-refractivity contribution in [1.29, 1.82) is 0 Å². The van der Waals surface area contributed by atoms with Gasteiger partial charge in [0.15, 0.2) is 0 Å². The molecule has 0 N–H and O–H groups in total. The third-order valence-electron chi connectivity index (χ3n) is 0. The summed E-state index contributed by atoms with van der Waals surface area (Å²) in [6, 6.07) is 0. The molecule has 0 amide bonds. The fourth-order valence-corrected chi connectivity index (χ4v) is 0. The molecule has 0 aromatic rings. The Hall–Kier alpha value is 1.87. The molecule has 0 aromatic heterocycles. The molecule has 0 spiro atoms. The maximum atomic E-state index is 3.64. The van der Waals surface area contributed by atoms with Gasteiger partial charge in [0.25, 0.3) is 0 Å². The SMILES string of the molecule is B=S(I)[131I]. The first-order chi connectivity index (χ1) is 1.73. The molecule has 0 fully saturated rings. The van der Waals surface area contributed by atoms with Gasteiger partial charge in [-0.05, 0) is 0 Å². The van der Waals surface area contributed by atoms with Gasteiger partial charge in [-0.2, -0.15) is 0 Å². The average molecular weight is 302 g/mol. The Balaban J connectivity index is 2.80. The molecule has 1 unspecified atom stereocenters. The fraction of sp³-hybridized carbons (Fsp3) is 0. The van der Waals surface area contributed by atoms with Crippen LogP contribution in [0.25, 0.3) is 0 Å². The zero-order valence-corrected chi connectivity index (χ0v) is 7.00. The van der Waals surface area contributed by atoms with E-state index in [1.807, 2.05) is 0 Å². The van der Waals surface area contributed by atoms with E-state index < -0.39 is 0 Å². The summed E-state index contributed by atoms with van der Waals surface area (Å²) in [6.45, 7) is 3.64. The van der Waals surface area contributed by atoms with Crippen LogP contribution in [0.5, 0.6) is 0 Å². The minimum absolute atomic E-state index is 0.329. The van der Waals surface area contributed by atoms with E-state index in [-0.39, 0.29) is 0 Å². The van der Waals surface area contributed by atoms with Gasteiger partial charge in [0.1, 0.15) is 0 Å². The van der Waals surface area contributed by atoms with Crippen molar-refractivity contribution in [3.8, 4) is 0 Å². The quantitative estimate of drug-likeness (QED) is 0.472. The number of rotatable bonds is 0. The predicted octanol–water partition coefficient (Wildman–Crippen LogP) is 1.77. The Bertz CT molecular complexity index is 29.0. The van der Waals surface area contributed by atoms with E-state index >= 15 is 0 Å². The van der Waals surface area contributed by atoms with E-state index in [1.54, 1.807) is 0 Å². The van der Waals surface area contributed by atoms with Gasteiger partial charge >= 0.3 is 53.8 Å². The van der Waals surface area contributed by atoms with Gasteiger partial charge in [-0.25, -0.2) is 0 Å². The van der Waals surface area contributed by atoms with Crippen LogP contribution in [0.15, 0.2) is 0 Å². The van der Waals surface area contributed by atoms with Gasteiger partial charge in [0.2, 0.25) is 0 Å². The van der Waals surface area contributed by atoms with Crippen LogP contribution >= 0.6 is 47.1 Å². The van der Waals surface area contributed by atoms with Crippen LogP contribution < -0.4 is 0 Å². The molecule has 0 aliphatic carbocycles. The molecule has 0 aliphatic rings. The number of hydrogen-bond donors (Lipinski definition) is 0. The van der Waals surface area contributed by atoms with Gasteiger partial charge in [-0.15, -0.1) is 0 Å². The molecule has 0 aliphatic heterocycles. The Morgan fingerprint density at radius 1 is 2.00 bits per heavy atom. The van der Waals surface area contributed by atoms with Crippen molar-refractivity contribution in [3.63, 3.8) is 0 Å². The Labute approximate surface area is 53.1 Å². The van der Waals surface area contributed by atoms with Crippen molar-refractivity contribution in [2.24, 2.45) is 0 Å². The Kier molecular flexibility index (Phi) is 4.52. The molecule has 0 saturated heterocycles. The van der Waals surface area contributed by atoms with Crippen molar-refractivity contribution in [2.45, 2.75) is 0 Å². The van der Waals surface area contributed by atoms with E-state index in [0.717, 1.165) is 0 Å². The number of hydrogen-bond acceptors (Lipinski definition) is 0. The molecule has 0 heterocycles. The second kappa shape index (κ2) is 3.08. The predicted molar refractivity (Wildman–Crippen MR) is 42.8 cm³/mol. The van der Waals surface area contributed by atoms with E-state index in [9.17, 15) is 0 Å². The van der Waals surface area contributed by atoms with Crippen LogP contribution in [0.3, 0.4) is 0 Å². The molecule has 0 bridgehead atoms. The first-order valence-electron chi connectivity index (χ1n) is 0.597. The summed E-state index contributed by atoms with van der Waals surface area (Å²) in [4.78, 5) is 0. The summed E-state index contributed by atoms with van der Waals surface area (Å²) < 4.78 is 0.329. The second-order valence-electron chi connectivity index (χ2n) is 0.277. The molecular weight excluding hydrogens is 301 g/mol. The summed E-state index contributed by atoms with van der Waals surface area (Å²) in [7, 11) is 0. The molecule has 0 rings (SSSR count). The monoisotopic (exact) mass is 302 g/mol. The van der Waals surface area contributed by atoms with Gasteiger partial charge in [0.05, 0.1) is 0 Å². The van der Waals surface area contributed by atoms with Crippen LogP contribution in [0, 0.1) is 0 Å². The van der Waals surface area contributed by atoms with Crippen LogP contribution in [0.2, 0.25) is 0 Å². The molecule has 0 nitrogen and oxygen atoms in total. The van der Waals surface area contributed by atoms with Crippen molar-refractivity contribution >= 4 is 53.8 Å². The first-order valence-corrected chi connectivity index (χ1v) is 7.08. The zero-order valence-electron chi connectivity index (χ0n) is 1.87. The average Bonchev–Trinajstić information content (AvgIpc) is 0.811. The van der Waals surface area contributed by atoms with E-state index in [4.69, 9.17) is 0 Å². The van der Waals surface area contributed by atoms with Crippen LogP contribution in [0.4, 0.5) is 0 Å². The summed E-state index contributed by atoms with van der Waals surface area (Å²) in [5.41, 5.74) is 0. The van der Waals surface area contributed by atoms with Crippen LogP contribution in [0.1, 0.15) is 0 Å². The number of halogens is 2. The van der Waals surface area contributed by atoms with Gasteiger partial charge in [-0.3, -0.25) is 0 Å². The summed E-state index contributed by atoms with van der Waals surface area (Å²) in [5.74, 6) is 0. The van der Waals surface area contributed by atoms with Crippen LogP contribution in [-0.4, -0.2) is 6.72 Å². The van der Waals surface area contributed by atoms with Crippen molar-refractivity contribution in [2.75, 3.05) is 0 Å². The normalized spacial score (nSPS) is 15.2. The Morgan fingerprint density at radius 3 is 2.00 bits per heavy atom. The topological polar surface area (TPSA) is 0 Å². The molecule has 1 atom stereocenters. The van der Waals surface area contributed by atoms with Gasteiger partial charge < -0.3 is 0 Å². The second-order valence-corrected chi connectivity index (χ2v) is 12.3. The molecule has 0 aromatic carbocycles. The summed E-state index contributed by atoms with van der Waals surface area (Å²) in [6.07, 6.45) is 0. The van der Waals surface area contributed by atoms with Crippen molar-refractivity contribution < 1.29 is 0 Å². The van der Waals surface area contributed by atoms with Crippen molar-refractivity contribution in [3.05, 3.63) is 0 Å². The molecule has 4 heteroatoms. The third kappa shape index (κ3) is 9.11. The van der Waals surface area contributed by atoms with Gasteiger partial charge in [0, 0.05) is 0 Å². The fourth-order valence-electron chi connectivity index (χ4n) is 0.